The monoisotopic (exact) mass is 383 g/mol. The fourth-order valence-electron chi connectivity index (χ4n) is 1.94. The van der Waals surface area contributed by atoms with Crippen LogP contribution in [-0.4, -0.2) is 33.3 Å². The highest BCUT2D eigenvalue weighted by molar-refractivity contribution is 7.92. The number of anilines is 1. The summed E-state index contributed by atoms with van der Waals surface area (Å²) < 4.78 is 37.6. The molecule has 9 heteroatoms. The van der Waals surface area contributed by atoms with E-state index in [1.807, 2.05) is 0 Å². The predicted molar refractivity (Wildman–Crippen MR) is 95.8 cm³/mol. The number of hydrazone groups is 1. The molecule has 0 saturated carbocycles. The summed E-state index contributed by atoms with van der Waals surface area (Å²) in [4.78, 5) is 12.0. The van der Waals surface area contributed by atoms with Crippen LogP contribution in [0.1, 0.15) is 5.56 Å². The van der Waals surface area contributed by atoms with Crippen LogP contribution in [0.15, 0.2) is 53.6 Å². The summed E-state index contributed by atoms with van der Waals surface area (Å²) in [7, 11) is -3.73. The van der Waals surface area contributed by atoms with Gasteiger partial charge in [-0.1, -0.05) is 23.7 Å². The topological polar surface area (TPSA) is 78.8 Å². The van der Waals surface area contributed by atoms with Crippen LogP contribution in [0.2, 0.25) is 5.02 Å². The van der Waals surface area contributed by atoms with E-state index in [1.54, 1.807) is 24.3 Å². The summed E-state index contributed by atoms with van der Waals surface area (Å²) in [5.74, 6) is -1.15. The average molecular weight is 384 g/mol. The molecule has 0 heterocycles. The van der Waals surface area contributed by atoms with E-state index in [0.29, 0.717) is 10.6 Å². The third kappa shape index (κ3) is 5.84. The zero-order chi connectivity index (χ0) is 18.4. The zero-order valence-electron chi connectivity index (χ0n) is 13.2. The molecule has 25 heavy (non-hydrogen) atoms. The van der Waals surface area contributed by atoms with Gasteiger partial charge in [0.1, 0.15) is 12.4 Å². The van der Waals surface area contributed by atoms with Crippen molar-refractivity contribution < 1.29 is 17.6 Å². The molecule has 0 saturated heterocycles. The van der Waals surface area contributed by atoms with Crippen LogP contribution < -0.4 is 9.73 Å². The number of nitrogens with one attached hydrogen (secondary N) is 1. The standard InChI is InChI=1S/C16H15ClFN3O3S/c1-25(23,24)21(15-7-5-14(18)6-8-15)11-16(22)20-19-10-12-3-2-4-13(17)9-12/h2-10H,11H2,1H3,(H,20,22)/b19-10-. The van der Waals surface area contributed by atoms with Crippen LogP contribution in [0.3, 0.4) is 0 Å². The maximum atomic E-state index is 13.0. The van der Waals surface area contributed by atoms with Gasteiger partial charge < -0.3 is 0 Å². The quantitative estimate of drug-likeness (QED) is 0.614. The lowest BCUT2D eigenvalue weighted by molar-refractivity contribution is -0.119. The number of hydrogen-bond donors (Lipinski definition) is 1. The molecule has 1 N–H and O–H groups in total. The van der Waals surface area contributed by atoms with Crippen molar-refractivity contribution in [2.24, 2.45) is 5.10 Å². The largest absolute Gasteiger partial charge is 0.271 e. The Kier molecular flexibility index (Phi) is 6.11. The summed E-state index contributed by atoms with van der Waals surface area (Å²) in [6.45, 7) is -0.489. The number of sulfonamides is 1. The minimum absolute atomic E-state index is 0.179. The molecule has 0 unspecified atom stereocenters. The molecule has 1 amide bonds. The second kappa shape index (κ2) is 8.09. The van der Waals surface area contributed by atoms with E-state index in [2.05, 4.69) is 10.5 Å². The van der Waals surface area contributed by atoms with E-state index < -0.39 is 28.3 Å². The van der Waals surface area contributed by atoms with E-state index in [0.717, 1.165) is 22.7 Å². The van der Waals surface area contributed by atoms with Crippen LogP contribution in [0.5, 0.6) is 0 Å². The number of carbonyl (C=O) groups excluding carboxylic acids is 1. The van der Waals surface area contributed by atoms with Crippen molar-refractivity contribution in [2.45, 2.75) is 0 Å². The van der Waals surface area contributed by atoms with Crippen LogP contribution >= 0.6 is 11.6 Å². The normalized spacial score (nSPS) is 11.5. The smallest absolute Gasteiger partial charge is 0.260 e. The van der Waals surface area contributed by atoms with Gasteiger partial charge in [0.25, 0.3) is 5.91 Å². The first-order chi connectivity index (χ1) is 11.8. The molecule has 0 fully saturated rings. The summed E-state index contributed by atoms with van der Waals surface area (Å²) in [6.07, 6.45) is 2.34. The molecule has 0 radical (unpaired) electrons. The Balaban J connectivity index is 2.06. The van der Waals surface area contributed by atoms with Crippen molar-refractivity contribution in [2.75, 3.05) is 17.1 Å². The Morgan fingerprint density at radius 1 is 1.28 bits per heavy atom. The minimum atomic E-state index is -3.73. The fraction of sp³-hybridized carbons (Fsp3) is 0.125. The van der Waals surface area contributed by atoms with E-state index in [4.69, 9.17) is 11.6 Å². The van der Waals surface area contributed by atoms with Gasteiger partial charge in [-0.2, -0.15) is 5.10 Å². The molecule has 2 rings (SSSR count). The maximum Gasteiger partial charge on any atom is 0.260 e. The molecule has 6 nitrogen and oxygen atoms in total. The Hall–Kier alpha value is -2.45. The lowest BCUT2D eigenvalue weighted by atomic mass is 10.2. The number of carbonyl (C=O) groups is 1. The molecule has 0 spiro atoms. The van der Waals surface area contributed by atoms with Crippen LogP contribution in [0.4, 0.5) is 10.1 Å². The molecule has 0 bridgehead atoms. The number of benzene rings is 2. The van der Waals surface area contributed by atoms with Gasteiger partial charge in [0, 0.05) is 5.02 Å². The highest BCUT2D eigenvalue weighted by atomic mass is 35.5. The second-order valence-electron chi connectivity index (χ2n) is 5.09. The number of amides is 1. The van der Waals surface area contributed by atoms with Gasteiger partial charge in [-0.15, -0.1) is 0 Å². The van der Waals surface area contributed by atoms with Crippen molar-refractivity contribution in [3.8, 4) is 0 Å². The minimum Gasteiger partial charge on any atom is -0.271 e. The van der Waals surface area contributed by atoms with Crippen molar-refractivity contribution in [1.29, 1.82) is 0 Å². The molecule has 0 aromatic heterocycles. The lowest BCUT2D eigenvalue weighted by Gasteiger charge is -2.21. The lowest BCUT2D eigenvalue weighted by Crippen LogP contribution is -2.39. The summed E-state index contributed by atoms with van der Waals surface area (Å²) >= 11 is 5.84. The highest BCUT2D eigenvalue weighted by Crippen LogP contribution is 2.17. The van der Waals surface area contributed by atoms with Crippen LogP contribution in [-0.2, 0) is 14.8 Å². The number of rotatable bonds is 6. The van der Waals surface area contributed by atoms with Crippen molar-refractivity contribution in [1.82, 2.24) is 5.43 Å². The number of hydrogen-bond acceptors (Lipinski definition) is 4. The third-order valence-corrected chi connectivity index (χ3v) is 4.43. The van der Waals surface area contributed by atoms with Crippen LogP contribution in [0.25, 0.3) is 0 Å². The summed E-state index contributed by atoms with van der Waals surface area (Å²) in [5, 5.41) is 4.28. The molecule has 0 aliphatic heterocycles. The molecule has 2 aromatic rings. The Labute approximate surface area is 150 Å². The van der Waals surface area contributed by atoms with Gasteiger partial charge in [0.2, 0.25) is 10.0 Å². The van der Waals surface area contributed by atoms with Gasteiger partial charge in [0.05, 0.1) is 18.2 Å². The SMILES string of the molecule is CS(=O)(=O)N(CC(=O)N/N=C\c1cccc(Cl)c1)c1ccc(F)cc1. The van der Waals surface area contributed by atoms with Gasteiger partial charge in [-0.3, -0.25) is 9.10 Å². The van der Waals surface area contributed by atoms with Gasteiger partial charge in [0.15, 0.2) is 0 Å². The third-order valence-electron chi connectivity index (χ3n) is 3.05. The first kappa shape index (κ1) is 18.9. The van der Waals surface area contributed by atoms with Gasteiger partial charge >= 0.3 is 0 Å². The summed E-state index contributed by atoms with van der Waals surface area (Å²) in [5.41, 5.74) is 3.09. The maximum absolute atomic E-state index is 13.0. The molecule has 2 aromatic carbocycles. The number of nitrogens with zero attached hydrogens (tertiary/aromatic N) is 2. The van der Waals surface area contributed by atoms with Gasteiger partial charge in [-0.05, 0) is 42.0 Å². The average Bonchev–Trinajstić information content (AvgIpc) is 2.53. The van der Waals surface area contributed by atoms with E-state index in [1.165, 1.54) is 18.3 Å². The fourth-order valence-corrected chi connectivity index (χ4v) is 2.99. The van der Waals surface area contributed by atoms with Crippen molar-refractivity contribution in [3.05, 3.63) is 64.9 Å². The van der Waals surface area contributed by atoms with Crippen molar-refractivity contribution in [3.63, 3.8) is 0 Å². The first-order valence-corrected chi connectivity index (χ1v) is 9.29. The summed E-state index contributed by atoms with van der Waals surface area (Å²) in [6, 6.07) is 11.6. The molecule has 132 valence electrons. The van der Waals surface area contributed by atoms with Gasteiger partial charge in [-0.25, -0.2) is 18.2 Å². The van der Waals surface area contributed by atoms with E-state index in [-0.39, 0.29) is 5.69 Å². The van der Waals surface area contributed by atoms with E-state index >= 15 is 0 Å². The van der Waals surface area contributed by atoms with Crippen molar-refractivity contribution >= 4 is 39.4 Å². The molecule has 0 aliphatic rings. The molecular weight excluding hydrogens is 369 g/mol. The molecule has 0 atom stereocenters. The highest BCUT2D eigenvalue weighted by Gasteiger charge is 2.20. The Morgan fingerprint density at radius 3 is 2.56 bits per heavy atom. The zero-order valence-corrected chi connectivity index (χ0v) is 14.8. The Morgan fingerprint density at radius 2 is 1.96 bits per heavy atom. The predicted octanol–water partition coefficient (Wildman–Crippen LogP) is 2.40. The first-order valence-electron chi connectivity index (χ1n) is 7.06. The van der Waals surface area contributed by atoms with E-state index in [9.17, 15) is 17.6 Å². The Bertz CT molecular complexity index is 886. The number of halogens is 2. The molecule has 0 aliphatic carbocycles. The second-order valence-corrected chi connectivity index (χ2v) is 7.44. The molecular formula is C16H15ClFN3O3S. The van der Waals surface area contributed by atoms with Crippen LogP contribution in [0, 0.1) is 5.82 Å².